The van der Waals surface area contributed by atoms with E-state index in [2.05, 4.69) is 0 Å². The van der Waals surface area contributed by atoms with Crippen molar-refractivity contribution in [2.75, 3.05) is 6.26 Å². The van der Waals surface area contributed by atoms with Crippen LogP contribution in [0.4, 0.5) is 0 Å². The zero-order chi connectivity index (χ0) is 10.5. The van der Waals surface area contributed by atoms with Crippen molar-refractivity contribution in [1.29, 1.82) is 0 Å². The lowest BCUT2D eigenvalue weighted by molar-refractivity contribution is -0.122. The average Bonchev–Trinajstić information content (AvgIpc) is 1.96. The van der Waals surface area contributed by atoms with Crippen molar-refractivity contribution in [2.45, 2.75) is 33.1 Å². The van der Waals surface area contributed by atoms with Gasteiger partial charge in [-0.2, -0.15) is 0 Å². The highest BCUT2D eigenvalue weighted by Crippen LogP contribution is 2.07. The largest absolute Gasteiger partial charge is 0.274 e. The summed E-state index contributed by atoms with van der Waals surface area (Å²) in [5.74, 6) is -0.634. The van der Waals surface area contributed by atoms with Gasteiger partial charge in [-0.05, 0) is 6.42 Å². The quantitative estimate of drug-likeness (QED) is 0.728. The van der Waals surface area contributed by atoms with Gasteiger partial charge in [0.1, 0.15) is 0 Å². The summed E-state index contributed by atoms with van der Waals surface area (Å²) in [6.07, 6.45) is 3.67. The van der Waals surface area contributed by atoms with Crippen LogP contribution in [0.15, 0.2) is 0 Å². The normalized spacial score (nSPS) is 13.8. The Labute approximate surface area is 79.8 Å². The molecule has 0 aromatic carbocycles. The molecule has 0 fully saturated rings. The minimum Gasteiger partial charge on any atom is -0.274 e. The molecule has 13 heavy (non-hydrogen) atoms. The van der Waals surface area contributed by atoms with Gasteiger partial charge in [-0.1, -0.05) is 26.7 Å². The van der Waals surface area contributed by atoms with Gasteiger partial charge in [0, 0.05) is 5.92 Å². The third-order valence-electron chi connectivity index (χ3n) is 1.72. The third-order valence-corrected chi connectivity index (χ3v) is 2.30. The molecule has 0 bridgehead atoms. The van der Waals surface area contributed by atoms with Crippen LogP contribution in [0.25, 0.3) is 0 Å². The molecule has 0 aromatic heterocycles. The number of hydrogen-bond donors (Lipinski definition) is 1. The molecule has 1 N–H and O–H groups in total. The van der Waals surface area contributed by atoms with Crippen molar-refractivity contribution in [2.24, 2.45) is 5.92 Å². The first-order valence-corrected chi connectivity index (χ1v) is 6.27. The van der Waals surface area contributed by atoms with Gasteiger partial charge in [-0.3, -0.25) is 9.52 Å². The number of unbranched alkanes of at least 4 members (excludes halogenated alkanes) is 1. The zero-order valence-corrected chi connectivity index (χ0v) is 9.15. The minimum absolute atomic E-state index is 0.227. The van der Waals surface area contributed by atoms with Crippen LogP contribution in [0.1, 0.15) is 33.1 Å². The average molecular weight is 207 g/mol. The van der Waals surface area contributed by atoms with Crippen molar-refractivity contribution < 1.29 is 13.2 Å². The molecule has 1 atom stereocenters. The lowest BCUT2D eigenvalue weighted by Crippen LogP contribution is -2.33. The topological polar surface area (TPSA) is 63.2 Å². The number of rotatable bonds is 5. The molecule has 0 aromatic rings. The molecular weight excluding hydrogens is 190 g/mol. The van der Waals surface area contributed by atoms with Crippen molar-refractivity contribution in [3.05, 3.63) is 0 Å². The smallest absolute Gasteiger partial charge is 0.236 e. The molecule has 0 aliphatic rings. The van der Waals surface area contributed by atoms with Crippen LogP contribution in [0.3, 0.4) is 0 Å². The molecule has 0 rings (SSSR count). The van der Waals surface area contributed by atoms with Crippen LogP contribution in [0.2, 0.25) is 0 Å². The molecule has 0 saturated heterocycles. The molecule has 0 aliphatic heterocycles. The molecule has 0 saturated carbocycles. The molecule has 0 radical (unpaired) electrons. The van der Waals surface area contributed by atoms with E-state index in [4.69, 9.17) is 0 Å². The van der Waals surface area contributed by atoms with E-state index in [1.165, 1.54) is 0 Å². The summed E-state index contributed by atoms with van der Waals surface area (Å²) < 4.78 is 23.3. The van der Waals surface area contributed by atoms with Crippen molar-refractivity contribution in [3.63, 3.8) is 0 Å². The third kappa shape index (κ3) is 6.57. The van der Waals surface area contributed by atoms with Gasteiger partial charge in [0.25, 0.3) is 0 Å². The molecule has 0 aliphatic carbocycles. The van der Waals surface area contributed by atoms with Gasteiger partial charge < -0.3 is 0 Å². The number of sulfonamides is 1. The van der Waals surface area contributed by atoms with E-state index in [0.717, 1.165) is 25.5 Å². The molecule has 1 unspecified atom stereocenters. The van der Waals surface area contributed by atoms with Gasteiger partial charge in [0.05, 0.1) is 6.26 Å². The standard InChI is InChI=1S/C8H17NO3S/c1-4-5-6-7(2)8(10)9-13(3,11)12/h7H,4-6H2,1-3H3,(H,9,10). The summed E-state index contributed by atoms with van der Waals surface area (Å²) in [5.41, 5.74) is 0. The molecule has 4 nitrogen and oxygen atoms in total. The molecule has 0 heterocycles. The van der Waals surface area contributed by atoms with Crippen LogP contribution in [-0.4, -0.2) is 20.6 Å². The van der Waals surface area contributed by atoms with Crippen molar-refractivity contribution in [1.82, 2.24) is 4.72 Å². The molecule has 0 spiro atoms. The van der Waals surface area contributed by atoms with Crippen LogP contribution in [0.5, 0.6) is 0 Å². The Bertz CT molecular complexity index is 259. The first-order chi connectivity index (χ1) is 5.87. The Morgan fingerprint density at radius 3 is 2.38 bits per heavy atom. The van der Waals surface area contributed by atoms with E-state index in [1.807, 2.05) is 11.6 Å². The Kier molecular flexibility index (Phi) is 4.98. The molecule has 78 valence electrons. The highest BCUT2D eigenvalue weighted by Gasteiger charge is 2.15. The zero-order valence-electron chi connectivity index (χ0n) is 8.33. The maximum Gasteiger partial charge on any atom is 0.236 e. The number of carbonyl (C=O) groups is 1. The number of amides is 1. The van der Waals surface area contributed by atoms with E-state index in [1.54, 1.807) is 6.92 Å². The minimum atomic E-state index is -3.39. The number of carbonyl (C=O) groups excluding carboxylic acids is 1. The molecule has 5 heteroatoms. The fourth-order valence-corrected chi connectivity index (χ4v) is 1.49. The van der Waals surface area contributed by atoms with Gasteiger partial charge in [-0.15, -0.1) is 0 Å². The monoisotopic (exact) mass is 207 g/mol. The highest BCUT2D eigenvalue weighted by atomic mass is 32.2. The molecule has 1 amide bonds. The first kappa shape index (κ1) is 12.4. The van der Waals surface area contributed by atoms with Gasteiger partial charge >= 0.3 is 0 Å². The summed E-state index contributed by atoms with van der Waals surface area (Å²) in [6.45, 7) is 3.76. The van der Waals surface area contributed by atoms with E-state index >= 15 is 0 Å². The van der Waals surface area contributed by atoms with E-state index in [0.29, 0.717) is 0 Å². The Hall–Kier alpha value is -0.580. The Morgan fingerprint density at radius 2 is 2.00 bits per heavy atom. The summed E-state index contributed by atoms with van der Waals surface area (Å²) in [7, 11) is -3.39. The summed E-state index contributed by atoms with van der Waals surface area (Å²) >= 11 is 0. The maximum atomic E-state index is 11.2. The van der Waals surface area contributed by atoms with Crippen molar-refractivity contribution in [3.8, 4) is 0 Å². The second kappa shape index (κ2) is 5.21. The van der Waals surface area contributed by atoms with Crippen LogP contribution in [-0.2, 0) is 14.8 Å². The van der Waals surface area contributed by atoms with Gasteiger partial charge in [0.15, 0.2) is 0 Å². The fourth-order valence-electron chi connectivity index (χ4n) is 0.925. The Morgan fingerprint density at radius 1 is 1.46 bits per heavy atom. The van der Waals surface area contributed by atoms with E-state index in [-0.39, 0.29) is 5.92 Å². The summed E-state index contributed by atoms with van der Waals surface area (Å²) in [6, 6.07) is 0. The molecular formula is C8H17NO3S. The van der Waals surface area contributed by atoms with Gasteiger partial charge in [0.2, 0.25) is 15.9 Å². The van der Waals surface area contributed by atoms with E-state index in [9.17, 15) is 13.2 Å². The predicted octanol–water partition coefficient (Wildman–Crippen LogP) is 0.889. The van der Waals surface area contributed by atoms with Gasteiger partial charge in [-0.25, -0.2) is 8.42 Å². The summed E-state index contributed by atoms with van der Waals surface area (Å²) in [5, 5.41) is 0. The second-order valence-corrected chi connectivity index (χ2v) is 5.03. The van der Waals surface area contributed by atoms with Crippen molar-refractivity contribution >= 4 is 15.9 Å². The lowest BCUT2D eigenvalue weighted by Gasteiger charge is -2.09. The predicted molar refractivity (Wildman–Crippen MR) is 51.7 cm³/mol. The van der Waals surface area contributed by atoms with Crippen LogP contribution in [0, 0.1) is 5.92 Å². The van der Waals surface area contributed by atoms with Crippen LogP contribution >= 0.6 is 0 Å². The van der Waals surface area contributed by atoms with Crippen LogP contribution < -0.4 is 4.72 Å². The second-order valence-electron chi connectivity index (χ2n) is 3.28. The SMILES string of the molecule is CCCCC(C)C(=O)NS(C)(=O)=O. The first-order valence-electron chi connectivity index (χ1n) is 4.38. The lowest BCUT2D eigenvalue weighted by atomic mass is 10.0. The fraction of sp³-hybridized carbons (Fsp3) is 0.875. The summed E-state index contributed by atoms with van der Waals surface area (Å²) in [4.78, 5) is 11.2. The Balaban J connectivity index is 3.97. The maximum absolute atomic E-state index is 11.2. The van der Waals surface area contributed by atoms with E-state index < -0.39 is 15.9 Å². The number of hydrogen-bond acceptors (Lipinski definition) is 3. The highest BCUT2D eigenvalue weighted by molar-refractivity contribution is 7.89. The number of nitrogens with one attached hydrogen (secondary N) is 1.